The standard InChI is InChI=1S/C12H22N2O2/c1-10-9-14(7-8-16-10)11(15)12(13)5-3-2-4-6-12/h10H,2-9,13H2,1H3. The summed E-state index contributed by atoms with van der Waals surface area (Å²) in [5, 5.41) is 0. The van der Waals surface area contributed by atoms with Crippen LogP contribution in [0.4, 0.5) is 0 Å². The van der Waals surface area contributed by atoms with Crippen LogP contribution < -0.4 is 5.73 Å². The van der Waals surface area contributed by atoms with E-state index in [1.54, 1.807) is 0 Å². The van der Waals surface area contributed by atoms with Crippen molar-refractivity contribution in [2.24, 2.45) is 5.73 Å². The van der Waals surface area contributed by atoms with E-state index >= 15 is 0 Å². The molecule has 0 spiro atoms. The summed E-state index contributed by atoms with van der Waals surface area (Å²) in [6, 6.07) is 0. The Morgan fingerprint density at radius 1 is 1.38 bits per heavy atom. The zero-order valence-electron chi connectivity index (χ0n) is 10.1. The number of amides is 1. The summed E-state index contributed by atoms with van der Waals surface area (Å²) in [5.41, 5.74) is 5.66. The van der Waals surface area contributed by atoms with Gasteiger partial charge in [0.15, 0.2) is 0 Å². The first-order valence-corrected chi connectivity index (χ1v) is 6.32. The van der Waals surface area contributed by atoms with Gasteiger partial charge in [-0.1, -0.05) is 19.3 Å². The van der Waals surface area contributed by atoms with E-state index in [1.807, 2.05) is 11.8 Å². The Kier molecular flexibility index (Phi) is 3.50. The average Bonchev–Trinajstić information content (AvgIpc) is 2.29. The molecule has 2 fully saturated rings. The third-order valence-electron chi connectivity index (χ3n) is 3.70. The lowest BCUT2D eigenvalue weighted by atomic mass is 9.81. The highest BCUT2D eigenvalue weighted by molar-refractivity contribution is 5.86. The van der Waals surface area contributed by atoms with E-state index < -0.39 is 5.54 Å². The predicted molar refractivity (Wildman–Crippen MR) is 62.0 cm³/mol. The van der Waals surface area contributed by atoms with Gasteiger partial charge in [0.25, 0.3) is 0 Å². The van der Waals surface area contributed by atoms with Crippen molar-refractivity contribution < 1.29 is 9.53 Å². The molecule has 0 aromatic heterocycles. The molecule has 1 amide bonds. The third kappa shape index (κ3) is 2.38. The highest BCUT2D eigenvalue weighted by Crippen LogP contribution is 2.28. The van der Waals surface area contributed by atoms with Gasteiger partial charge in [0, 0.05) is 13.1 Å². The summed E-state index contributed by atoms with van der Waals surface area (Å²) in [7, 11) is 0. The fraction of sp³-hybridized carbons (Fsp3) is 0.917. The number of nitrogens with zero attached hydrogens (tertiary/aromatic N) is 1. The Balaban J connectivity index is 1.99. The quantitative estimate of drug-likeness (QED) is 0.722. The summed E-state index contributed by atoms with van der Waals surface area (Å²) in [6.07, 6.45) is 5.22. The molecule has 4 nitrogen and oxygen atoms in total. The maximum absolute atomic E-state index is 12.4. The van der Waals surface area contributed by atoms with Crippen molar-refractivity contribution in [2.45, 2.75) is 50.7 Å². The SMILES string of the molecule is CC1CN(C(=O)C2(N)CCCCC2)CCO1. The molecule has 0 bridgehead atoms. The van der Waals surface area contributed by atoms with E-state index in [0.29, 0.717) is 19.7 Å². The monoisotopic (exact) mass is 226 g/mol. The molecular weight excluding hydrogens is 204 g/mol. The van der Waals surface area contributed by atoms with Gasteiger partial charge in [0.1, 0.15) is 0 Å². The van der Waals surface area contributed by atoms with Crippen molar-refractivity contribution in [3.63, 3.8) is 0 Å². The van der Waals surface area contributed by atoms with Crippen LogP contribution in [0.2, 0.25) is 0 Å². The Bertz CT molecular complexity index is 262. The Labute approximate surface area is 97.1 Å². The third-order valence-corrected chi connectivity index (χ3v) is 3.70. The van der Waals surface area contributed by atoms with Crippen molar-refractivity contribution in [1.29, 1.82) is 0 Å². The van der Waals surface area contributed by atoms with Crippen molar-refractivity contribution in [2.75, 3.05) is 19.7 Å². The summed E-state index contributed by atoms with van der Waals surface area (Å²) >= 11 is 0. The van der Waals surface area contributed by atoms with Crippen molar-refractivity contribution in [3.05, 3.63) is 0 Å². The minimum Gasteiger partial charge on any atom is -0.375 e. The Hall–Kier alpha value is -0.610. The van der Waals surface area contributed by atoms with Gasteiger partial charge in [-0.25, -0.2) is 0 Å². The maximum atomic E-state index is 12.4. The highest BCUT2D eigenvalue weighted by atomic mass is 16.5. The molecule has 2 aliphatic rings. The van der Waals surface area contributed by atoms with Crippen molar-refractivity contribution in [1.82, 2.24) is 4.90 Å². The first kappa shape index (κ1) is 11.9. The molecule has 1 aliphatic heterocycles. The number of carbonyl (C=O) groups excluding carboxylic acids is 1. The molecular formula is C12H22N2O2. The van der Waals surface area contributed by atoms with Gasteiger partial charge in [-0.15, -0.1) is 0 Å². The average molecular weight is 226 g/mol. The normalized spacial score (nSPS) is 30.1. The van der Waals surface area contributed by atoms with Crippen molar-refractivity contribution in [3.8, 4) is 0 Å². The van der Waals surface area contributed by atoms with E-state index in [1.165, 1.54) is 6.42 Å². The van der Waals surface area contributed by atoms with Gasteiger partial charge in [-0.05, 0) is 19.8 Å². The molecule has 0 aromatic carbocycles. The predicted octanol–water partition coefficient (Wildman–Crippen LogP) is 0.895. The minimum atomic E-state index is -0.588. The molecule has 1 aliphatic carbocycles. The van der Waals surface area contributed by atoms with Crippen LogP contribution in [0.25, 0.3) is 0 Å². The molecule has 1 saturated carbocycles. The highest BCUT2D eigenvalue weighted by Gasteiger charge is 2.39. The number of ether oxygens (including phenoxy) is 1. The Morgan fingerprint density at radius 3 is 2.69 bits per heavy atom. The summed E-state index contributed by atoms with van der Waals surface area (Å²) in [6.45, 7) is 4.03. The van der Waals surface area contributed by atoms with Gasteiger partial charge >= 0.3 is 0 Å². The van der Waals surface area contributed by atoms with E-state index in [2.05, 4.69) is 0 Å². The lowest BCUT2D eigenvalue weighted by molar-refractivity contribution is -0.145. The second kappa shape index (κ2) is 4.72. The second-order valence-corrected chi connectivity index (χ2v) is 5.15. The number of hydrogen-bond acceptors (Lipinski definition) is 3. The number of nitrogens with two attached hydrogens (primary N) is 1. The molecule has 4 heteroatoms. The van der Waals surface area contributed by atoms with Gasteiger partial charge < -0.3 is 15.4 Å². The molecule has 2 N–H and O–H groups in total. The van der Waals surface area contributed by atoms with E-state index in [9.17, 15) is 4.79 Å². The summed E-state index contributed by atoms with van der Waals surface area (Å²) < 4.78 is 5.44. The van der Waals surface area contributed by atoms with Crippen LogP contribution in [0.15, 0.2) is 0 Å². The number of carbonyl (C=O) groups is 1. The van der Waals surface area contributed by atoms with Crippen LogP contribution in [0, 0.1) is 0 Å². The fourth-order valence-electron chi connectivity index (χ4n) is 2.71. The number of hydrogen-bond donors (Lipinski definition) is 1. The molecule has 1 atom stereocenters. The Morgan fingerprint density at radius 2 is 2.06 bits per heavy atom. The van der Waals surface area contributed by atoms with Gasteiger partial charge in [-0.3, -0.25) is 4.79 Å². The smallest absolute Gasteiger partial charge is 0.242 e. The first-order valence-electron chi connectivity index (χ1n) is 6.32. The van der Waals surface area contributed by atoms with Crippen LogP contribution in [0.1, 0.15) is 39.0 Å². The number of rotatable bonds is 1. The lowest BCUT2D eigenvalue weighted by Crippen LogP contribution is -2.59. The van der Waals surface area contributed by atoms with Crippen LogP contribution in [0.3, 0.4) is 0 Å². The second-order valence-electron chi connectivity index (χ2n) is 5.15. The maximum Gasteiger partial charge on any atom is 0.242 e. The largest absolute Gasteiger partial charge is 0.375 e. The zero-order valence-corrected chi connectivity index (χ0v) is 10.1. The zero-order chi connectivity index (χ0) is 11.6. The van der Waals surface area contributed by atoms with Crippen LogP contribution in [-0.2, 0) is 9.53 Å². The molecule has 0 radical (unpaired) electrons. The molecule has 0 aromatic rings. The molecule has 1 unspecified atom stereocenters. The van der Waals surface area contributed by atoms with Gasteiger partial charge in [0.05, 0.1) is 18.2 Å². The van der Waals surface area contributed by atoms with E-state index in [0.717, 1.165) is 25.7 Å². The van der Waals surface area contributed by atoms with Crippen LogP contribution in [0.5, 0.6) is 0 Å². The molecule has 92 valence electrons. The topological polar surface area (TPSA) is 55.6 Å². The van der Waals surface area contributed by atoms with E-state index in [4.69, 9.17) is 10.5 Å². The fourth-order valence-corrected chi connectivity index (χ4v) is 2.71. The molecule has 1 heterocycles. The van der Waals surface area contributed by atoms with Crippen molar-refractivity contribution >= 4 is 5.91 Å². The first-order chi connectivity index (χ1) is 7.62. The van der Waals surface area contributed by atoms with Gasteiger partial charge in [-0.2, -0.15) is 0 Å². The summed E-state index contributed by atoms with van der Waals surface area (Å²) in [4.78, 5) is 14.3. The molecule has 1 saturated heterocycles. The van der Waals surface area contributed by atoms with Crippen LogP contribution in [-0.4, -0.2) is 42.1 Å². The molecule has 16 heavy (non-hydrogen) atoms. The number of morpholine rings is 1. The minimum absolute atomic E-state index is 0.141. The molecule has 2 rings (SSSR count). The van der Waals surface area contributed by atoms with Crippen LogP contribution >= 0.6 is 0 Å². The lowest BCUT2D eigenvalue weighted by Gasteiger charge is -2.39. The van der Waals surface area contributed by atoms with Gasteiger partial charge in [0.2, 0.25) is 5.91 Å². The summed E-state index contributed by atoms with van der Waals surface area (Å²) in [5.74, 6) is 0.141. The van der Waals surface area contributed by atoms with E-state index in [-0.39, 0.29) is 12.0 Å².